The van der Waals surface area contributed by atoms with Crippen LogP contribution in [0.25, 0.3) is 0 Å². The molecule has 2 aromatic rings. The van der Waals surface area contributed by atoms with Crippen molar-refractivity contribution in [2.45, 2.75) is 25.7 Å². The van der Waals surface area contributed by atoms with Gasteiger partial charge in [0.05, 0.1) is 5.69 Å². The van der Waals surface area contributed by atoms with Crippen LogP contribution in [0.1, 0.15) is 30.5 Å². The van der Waals surface area contributed by atoms with Crippen molar-refractivity contribution in [3.05, 3.63) is 53.7 Å². The predicted molar refractivity (Wildman–Crippen MR) is 87.0 cm³/mol. The fourth-order valence-electron chi connectivity index (χ4n) is 2.36. The van der Waals surface area contributed by atoms with Gasteiger partial charge < -0.3 is 10.6 Å². The molecule has 1 aliphatic rings. The van der Waals surface area contributed by atoms with Crippen LogP contribution in [-0.4, -0.2) is 35.0 Å². The van der Waals surface area contributed by atoms with Gasteiger partial charge in [-0.2, -0.15) is 0 Å². The lowest BCUT2D eigenvalue weighted by Gasteiger charge is -2.20. The van der Waals surface area contributed by atoms with E-state index in [0.717, 1.165) is 5.56 Å². The van der Waals surface area contributed by atoms with Crippen LogP contribution in [0.5, 0.6) is 0 Å². The zero-order chi connectivity index (χ0) is 15.8. The number of benzene rings is 1. The SMILES string of the molecule is CN1CCCCC1.Nc1nccnc1Cc1ccc(F)cc1. The van der Waals surface area contributed by atoms with Crippen molar-refractivity contribution >= 4 is 5.82 Å². The standard InChI is InChI=1S/C11H10FN3.C6H13N/c12-9-3-1-8(2-4-9)7-10-11(13)15-6-5-14-10;1-7-5-3-2-4-6-7/h1-6H,7H2,(H2,13,15);2-6H2,1H3. The van der Waals surface area contributed by atoms with Crippen LogP contribution in [0.3, 0.4) is 0 Å². The number of anilines is 1. The Morgan fingerprint density at radius 3 is 2.23 bits per heavy atom. The van der Waals surface area contributed by atoms with E-state index < -0.39 is 0 Å². The van der Waals surface area contributed by atoms with E-state index in [9.17, 15) is 4.39 Å². The maximum absolute atomic E-state index is 12.7. The lowest BCUT2D eigenvalue weighted by Crippen LogP contribution is -2.24. The molecule has 3 rings (SSSR count). The average molecular weight is 302 g/mol. The smallest absolute Gasteiger partial charge is 0.145 e. The summed E-state index contributed by atoms with van der Waals surface area (Å²) in [6, 6.07) is 6.26. The van der Waals surface area contributed by atoms with Gasteiger partial charge in [-0.15, -0.1) is 0 Å². The van der Waals surface area contributed by atoms with Crippen molar-refractivity contribution in [2.75, 3.05) is 25.9 Å². The maximum atomic E-state index is 12.7. The number of likely N-dealkylation sites (tertiary alicyclic amines) is 1. The van der Waals surface area contributed by atoms with Gasteiger partial charge in [0.1, 0.15) is 11.6 Å². The Kier molecular flexibility index (Phi) is 6.27. The Labute approximate surface area is 131 Å². The van der Waals surface area contributed by atoms with Crippen LogP contribution in [-0.2, 0) is 6.42 Å². The van der Waals surface area contributed by atoms with Gasteiger partial charge in [0.2, 0.25) is 0 Å². The van der Waals surface area contributed by atoms with E-state index in [4.69, 9.17) is 5.73 Å². The molecule has 118 valence electrons. The van der Waals surface area contributed by atoms with Crippen LogP contribution >= 0.6 is 0 Å². The highest BCUT2D eigenvalue weighted by atomic mass is 19.1. The molecule has 1 fully saturated rings. The molecule has 0 aliphatic carbocycles. The second-order valence-corrected chi connectivity index (χ2v) is 5.56. The lowest BCUT2D eigenvalue weighted by atomic mass is 10.1. The third kappa shape index (κ3) is 5.41. The van der Waals surface area contributed by atoms with Crippen LogP contribution in [0.4, 0.5) is 10.2 Å². The normalized spacial score (nSPS) is 15.0. The molecule has 0 amide bonds. The van der Waals surface area contributed by atoms with Crippen LogP contribution < -0.4 is 5.73 Å². The van der Waals surface area contributed by atoms with Crippen molar-refractivity contribution in [3.63, 3.8) is 0 Å². The summed E-state index contributed by atoms with van der Waals surface area (Å²) in [6.45, 7) is 2.64. The molecule has 1 saturated heterocycles. The Bertz CT molecular complexity index is 565. The van der Waals surface area contributed by atoms with E-state index >= 15 is 0 Å². The van der Waals surface area contributed by atoms with Gasteiger partial charge in [0, 0.05) is 18.8 Å². The van der Waals surface area contributed by atoms with Gasteiger partial charge in [-0.3, -0.25) is 4.98 Å². The first-order chi connectivity index (χ1) is 10.6. The Morgan fingerprint density at radius 1 is 1.05 bits per heavy atom. The molecule has 0 unspecified atom stereocenters. The quantitative estimate of drug-likeness (QED) is 0.927. The van der Waals surface area contributed by atoms with E-state index in [1.54, 1.807) is 24.5 Å². The molecule has 4 nitrogen and oxygen atoms in total. The van der Waals surface area contributed by atoms with Crippen LogP contribution in [0, 0.1) is 5.82 Å². The second kappa shape index (κ2) is 8.44. The van der Waals surface area contributed by atoms with Gasteiger partial charge in [0.15, 0.2) is 0 Å². The zero-order valence-corrected chi connectivity index (χ0v) is 13.0. The van der Waals surface area contributed by atoms with E-state index in [1.165, 1.54) is 44.5 Å². The van der Waals surface area contributed by atoms with E-state index in [0.29, 0.717) is 17.9 Å². The molecule has 0 atom stereocenters. The Morgan fingerprint density at radius 2 is 1.68 bits per heavy atom. The topological polar surface area (TPSA) is 55.0 Å². The summed E-state index contributed by atoms with van der Waals surface area (Å²) in [4.78, 5) is 10.4. The molecule has 0 spiro atoms. The summed E-state index contributed by atoms with van der Waals surface area (Å²) < 4.78 is 12.7. The van der Waals surface area contributed by atoms with Crippen LogP contribution in [0.15, 0.2) is 36.7 Å². The van der Waals surface area contributed by atoms with E-state index in [2.05, 4.69) is 21.9 Å². The first kappa shape index (κ1) is 16.4. The summed E-state index contributed by atoms with van der Waals surface area (Å²) in [5, 5.41) is 0. The van der Waals surface area contributed by atoms with Crippen molar-refractivity contribution in [3.8, 4) is 0 Å². The highest BCUT2D eigenvalue weighted by Gasteiger charge is 2.03. The Hall–Kier alpha value is -2.01. The molecule has 2 heterocycles. The molecule has 22 heavy (non-hydrogen) atoms. The number of halogens is 1. The average Bonchev–Trinajstić information content (AvgIpc) is 2.53. The van der Waals surface area contributed by atoms with Crippen molar-refractivity contribution < 1.29 is 4.39 Å². The van der Waals surface area contributed by atoms with Gasteiger partial charge in [-0.25, -0.2) is 9.37 Å². The second-order valence-electron chi connectivity index (χ2n) is 5.56. The number of piperidine rings is 1. The first-order valence-corrected chi connectivity index (χ1v) is 7.63. The molecule has 2 N–H and O–H groups in total. The van der Waals surface area contributed by atoms with Gasteiger partial charge in [-0.05, 0) is 50.7 Å². The number of nitrogens with zero attached hydrogens (tertiary/aromatic N) is 3. The summed E-state index contributed by atoms with van der Waals surface area (Å²) in [5.41, 5.74) is 7.32. The van der Waals surface area contributed by atoms with Gasteiger partial charge in [0.25, 0.3) is 0 Å². The summed E-state index contributed by atoms with van der Waals surface area (Å²) in [6.07, 6.45) is 7.98. The zero-order valence-electron chi connectivity index (χ0n) is 13.0. The predicted octanol–water partition coefficient (Wildman–Crippen LogP) is 2.89. The van der Waals surface area contributed by atoms with E-state index in [-0.39, 0.29) is 5.82 Å². The third-order valence-electron chi connectivity index (χ3n) is 3.67. The number of aromatic nitrogens is 2. The minimum Gasteiger partial charge on any atom is -0.382 e. The molecule has 0 radical (unpaired) electrons. The fourth-order valence-corrected chi connectivity index (χ4v) is 2.36. The monoisotopic (exact) mass is 302 g/mol. The fraction of sp³-hybridized carbons (Fsp3) is 0.412. The molecule has 5 heteroatoms. The minimum atomic E-state index is -0.245. The van der Waals surface area contributed by atoms with Crippen molar-refractivity contribution in [2.24, 2.45) is 0 Å². The highest BCUT2D eigenvalue weighted by Crippen LogP contribution is 2.11. The summed E-state index contributed by atoms with van der Waals surface area (Å²) in [7, 11) is 2.19. The number of rotatable bonds is 2. The molecule has 0 bridgehead atoms. The summed E-state index contributed by atoms with van der Waals surface area (Å²) in [5.74, 6) is 0.174. The van der Waals surface area contributed by atoms with Gasteiger partial charge >= 0.3 is 0 Å². The van der Waals surface area contributed by atoms with Gasteiger partial charge in [-0.1, -0.05) is 18.6 Å². The largest absolute Gasteiger partial charge is 0.382 e. The first-order valence-electron chi connectivity index (χ1n) is 7.63. The highest BCUT2D eigenvalue weighted by molar-refractivity contribution is 5.36. The molecular formula is C17H23FN4. The molecular weight excluding hydrogens is 279 g/mol. The van der Waals surface area contributed by atoms with Crippen molar-refractivity contribution in [1.29, 1.82) is 0 Å². The Balaban J connectivity index is 0.000000211. The number of hydrogen-bond acceptors (Lipinski definition) is 4. The lowest BCUT2D eigenvalue weighted by molar-refractivity contribution is 0.277. The number of nitrogen functional groups attached to an aromatic ring is 1. The van der Waals surface area contributed by atoms with Crippen LogP contribution in [0.2, 0.25) is 0 Å². The molecule has 1 aliphatic heterocycles. The summed E-state index contributed by atoms with van der Waals surface area (Å²) >= 11 is 0. The number of nitrogens with two attached hydrogens (primary N) is 1. The molecule has 1 aromatic heterocycles. The number of hydrogen-bond donors (Lipinski definition) is 1. The maximum Gasteiger partial charge on any atom is 0.145 e. The van der Waals surface area contributed by atoms with E-state index in [1.807, 2.05) is 0 Å². The molecule has 0 saturated carbocycles. The minimum absolute atomic E-state index is 0.245. The van der Waals surface area contributed by atoms with Crippen molar-refractivity contribution in [1.82, 2.24) is 14.9 Å². The molecule has 1 aromatic carbocycles. The third-order valence-corrected chi connectivity index (χ3v) is 3.67.